The molecule has 1 heterocycles. The van der Waals surface area contributed by atoms with Crippen molar-refractivity contribution in [2.45, 2.75) is 11.3 Å². The Kier molecular flexibility index (Phi) is 5.00. The highest BCUT2D eigenvalue weighted by atomic mass is 32.2. The predicted octanol–water partition coefficient (Wildman–Crippen LogP) is 1.59. The van der Waals surface area contributed by atoms with Crippen LogP contribution in [-0.4, -0.2) is 33.5 Å². The largest absolute Gasteiger partial charge is 0.491 e. The molecule has 19 heavy (non-hydrogen) atoms. The minimum Gasteiger partial charge on any atom is -0.491 e. The van der Waals surface area contributed by atoms with E-state index in [-0.39, 0.29) is 6.61 Å². The van der Waals surface area contributed by atoms with Crippen LogP contribution in [0, 0.1) is 0 Å². The molecule has 2 aromatic rings. The molecule has 0 aliphatic heterocycles. The zero-order chi connectivity index (χ0) is 13.5. The molecule has 1 atom stereocenters. The molecule has 0 bridgehead atoms. The third kappa shape index (κ3) is 4.76. The van der Waals surface area contributed by atoms with Gasteiger partial charge in [-0.1, -0.05) is 11.8 Å². The Morgan fingerprint density at radius 2 is 1.89 bits per heavy atom. The number of benzene rings is 1. The van der Waals surface area contributed by atoms with E-state index in [0.717, 1.165) is 0 Å². The van der Waals surface area contributed by atoms with Crippen LogP contribution >= 0.6 is 11.8 Å². The van der Waals surface area contributed by atoms with E-state index >= 15 is 0 Å². The molecule has 0 saturated heterocycles. The Morgan fingerprint density at radius 3 is 2.58 bits per heavy atom. The number of hydrogen-bond acceptors (Lipinski definition) is 6. The zero-order valence-corrected chi connectivity index (χ0v) is 11.1. The van der Waals surface area contributed by atoms with Crippen molar-refractivity contribution in [3.63, 3.8) is 0 Å². The first kappa shape index (κ1) is 13.6. The summed E-state index contributed by atoms with van der Waals surface area (Å²) in [6.07, 6.45) is 2.77. The molecule has 1 unspecified atom stereocenters. The van der Waals surface area contributed by atoms with E-state index in [1.54, 1.807) is 42.7 Å². The minimum absolute atomic E-state index is 0.226. The highest BCUT2D eigenvalue weighted by molar-refractivity contribution is 7.99. The van der Waals surface area contributed by atoms with Gasteiger partial charge in [-0.15, -0.1) is 0 Å². The standard InChI is InChI=1S/C13H15N3O2S/c14-10-2-4-12(5-3-10)18-8-11(17)9-19-13-15-6-1-7-16-13/h1-7,11,17H,8-9,14H2. The Morgan fingerprint density at radius 1 is 1.21 bits per heavy atom. The molecule has 3 N–H and O–H groups in total. The zero-order valence-electron chi connectivity index (χ0n) is 10.3. The number of anilines is 1. The first-order valence-electron chi connectivity index (χ1n) is 5.80. The topological polar surface area (TPSA) is 81.3 Å². The van der Waals surface area contributed by atoms with E-state index in [1.807, 2.05) is 0 Å². The van der Waals surface area contributed by atoms with E-state index in [4.69, 9.17) is 10.5 Å². The lowest BCUT2D eigenvalue weighted by Gasteiger charge is -2.11. The monoisotopic (exact) mass is 277 g/mol. The SMILES string of the molecule is Nc1ccc(OCC(O)CSc2ncccn2)cc1. The molecule has 0 aliphatic rings. The summed E-state index contributed by atoms with van der Waals surface area (Å²) >= 11 is 1.39. The van der Waals surface area contributed by atoms with E-state index in [9.17, 15) is 5.11 Å². The molecular formula is C13H15N3O2S. The first-order chi connectivity index (χ1) is 9.24. The van der Waals surface area contributed by atoms with Crippen molar-refractivity contribution >= 4 is 17.4 Å². The number of rotatable bonds is 6. The van der Waals surface area contributed by atoms with Gasteiger partial charge in [0.15, 0.2) is 5.16 Å². The van der Waals surface area contributed by atoms with Gasteiger partial charge in [0.2, 0.25) is 0 Å². The summed E-state index contributed by atoms with van der Waals surface area (Å²) in [6, 6.07) is 8.82. The number of aromatic nitrogens is 2. The van der Waals surface area contributed by atoms with Gasteiger partial charge in [-0.2, -0.15) is 0 Å². The van der Waals surface area contributed by atoms with Crippen molar-refractivity contribution in [1.82, 2.24) is 9.97 Å². The maximum absolute atomic E-state index is 9.80. The van der Waals surface area contributed by atoms with Gasteiger partial charge >= 0.3 is 0 Å². The molecule has 100 valence electrons. The lowest BCUT2D eigenvalue weighted by molar-refractivity contribution is 0.126. The molecule has 6 heteroatoms. The average Bonchev–Trinajstić information content (AvgIpc) is 2.45. The van der Waals surface area contributed by atoms with E-state index in [1.165, 1.54) is 11.8 Å². The second kappa shape index (κ2) is 6.96. The Labute approximate surface area is 115 Å². The van der Waals surface area contributed by atoms with Gasteiger partial charge in [-0.25, -0.2) is 9.97 Å². The summed E-state index contributed by atoms with van der Waals surface area (Å²) < 4.78 is 5.45. The number of nitrogen functional groups attached to an aromatic ring is 1. The number of aliphatic hydroxyl groups is 1. The number of ether oxygens (including phenoxy) is 1. The van der Waals surface area contributed by atoms with Crippen molar-refractivity contribution in [3.8, 4) is 5.75 Å². The van der Waals surface area contributed by atoms with Crippen molar-refractivity contribution in [1.29, 1.82) is 0 Å². The lowest BCUT2D eigenvalue weighted by Crippen LogP contribution is -2.20. The normalized spacial score (nSPS) is 12.1. The van der Waals surface area contributed by atoms with E-state index < -0.39 is 6.10 Å². The summed E-state index contributed by atoms with van der Waals surface area (Å²) in [5, 5.41) is 10.4. The number of hydrogen-bond donors (Lipinski definition) is 2. The molecule has 0 spiro atoms. The van der Waals surface area contributed by atoms with Crippen LogP contribution in [0.2, 0.25) is 0 Å². The third-order valence-electron chi connectivity index (χ3n) is 2.27. The van der Waals surface area contributed by atoms with Crippen LogP contribution < -0.4 is 10.5 Å². The van der Waals surface area contributed by atoms with Gasteiger partial charge in [-0.05, 0) is 30.3 Å². The molecular weight excluding hydrogens is 262 g/mol. The molecule has 1 aromatic carbocycles. The highest BCUT2D eigenvalue weighted by Gasteiger charge is 2.07. The van der Waals surface area contributed by atoms with Crippen LogP contribution in [0.4, 0.5) is 5.69 Å². The Balaban J connectivity index is 1.72. The average molecular weight is 277 g/mol. The maximum atomic E-state index is 9.80. The van der Waals surface area contributed by atoms with Crippen LogP contribution in [0.1, 0.15) is 0 Å². The fourth-order valence-corrected chi connectivity index (χ4v) is 2.04. The maximum Gasteiger partial charge on any atom is 0.187 e. The van der Waals surface area contributed by atoms with Crippen LogP contribution in [0.25, 0.3) is 0 Å². The quantitative estimate of drug-likeness (QED) is 0.474. The van der Waals surface area contributed by atoms with Gasteiger partial charge in [0, 0.05) is 23.8 Å². The second-order valence-corrected chi connectivity index (χ2v) is 4.86. The third-order valence-corrected chi connectivity index (χ3v) is 3.29. The van der Waals surface area contributed by atoms with E-state index in [2.05, 4.69) is 9.97 Å². The lowest BCUT2D eigenvalue weighted by atomic mass is 10.3. The van der Waals surface area contributed by atoms with Gasteiger partial charge in [0.05, 0.1) is 6.10 Å². The molecule has 5 nitrogen and oxygen atoms in total. The first-order valence-corrected chi connectivity index (χ1v) is 6.79. The Hall–Kier alpha value is -1.79. The summed E-state index contributed by atoms with van der Waals surface area (Å²) in [7, 11) is 0. The molecule has 0 fully saturated rings. The molecule has 0 aliphatic carbocycles. The van der Waals surface area contributed by atoms with Gasteiger partial charge in [0.1, 0.15) is 12.4 Å². The van der Waals surface area contributed by atoms with Crippen molar-refractivity contribution in [2.75, 3.05) is 18.1 Å². The minimum atomic E-state index is -0.577. The van der Waals surface area contributed by atoms with Crippen molar-refractivity contribution in [2.24, 2.45) is 0 Å². The van der Waals surface area contributed by atoms with Crippen molar-refractivity contribution in [3.05, 3.63) is 42.7 Å². The summed E-state index contributed by atoms with van der Waals surface area (Å²) in [5.74, 6) is 1.17. The fraction of sp³-hybridized carbons (Fsp3) is 0.231. The molecule has 1 aromatic heterocycles. The van der Waals surface area contributed by atoms with Crippen molar-refractivity contribution < 1.29 is 9.84 Å². The smallest absolute Gasteiger partial charge is 0.187 e. The van der Waals surface area contributed by atoms with Crippen LogP contribution in [0.15, 0.2) is 47.9 Å². The number of nitrogens with zero attached hydrogens (tertiary/aromatic N) is 2. The van der Waals surface area contributed by atoms with Crippen LogP contribution in [0.3, 0.4) is 0 Å². The Bertz CT molecular complexity index is 493. The highest BCUT2D eigenvalue weighted by Crippen LogP contribution is 2.15. The predicted molar refractivity (Wildman–Crippen MR) is 75.1 cm³/mol. The van der Waals surface area contributed by atoms with Crippen LogP contribution in [-0.2, 0) is 0 Å². The molecule has 2 rings (SSSR count). The number of nitrogens with two attached hydrogens (primary N) is 1. The van der Waals surface area contributed by atoms with Crippen LogP contribution in [0.5, 0.6) is 5.75 Å². The van der Waals surface area contributed by atoms with Gasteiger partial charge < -0.3 is 15.6 Å². The molecule has 0 amide bonds. The van der Waals surface area contributed by atoms with E-state index in [0.29, 0.717) is 22.3 Å². The summed E-state index contributed by atoms with van der Waals surface area (Å²) in [6.45, 7) is 0.226. The van der Waals surface area contributed by atoms with Gasteiger partial charge in [-0.3, -0.25) is 0 Å². The van der Waals surface area contributed by atoms with Gasteiger partial charge in [0.25, 0.3) is 0 Å². The number of aliphatic hydroxyl groups excluding tert-OH is 1. The molecule has 0 radical (unpaired) electrons. The second-order valence-electron chi connectivity index (χ2n) is 3.88. The fourth-order valence-electron chi connectivity index (χ4n) is 1.34. The summed E-state index contributed by atoms with van der Waals surface area (Å²) in [5.41, 5.74) is 6.26. The number of thioether (sulfide) groups is 1. The summed E-state index contributed by atoms with van der Waals surface area (Å²) in [4.78, 5) is 8.13. The molecule has 0 saturated carbocycles.